The third kappa shape index (κ3) is 4.25. The van der Waals surface area contributed by atoms with E-state index in [0.29, 0.717) is 23.7 Å². The van der Waals surface area contributed by atoms with E-state index in [4.69, 9.17) is 19.9 Å². The van der Waals surface area contributed by atoms with Crippen molar-refractivity contribution in [2.24, 2.45) is 5.73 Å². The maximum Gasteiger partial charge on any atom is 0.231 e. The lowest BCUT2D eigenvalue weighted by Crippen LogP contribution is -2.19. The van der Waals surface area contributed by atoms with Crippen LogP contribution >= 0.6 is 0 Å². The first kappa shape index (κ1) is 15.9. The number of hydrogen-bond donors (Lipinski definition) is 1. The molecule has 2 N–H and O–H groups in total. The molecule has 1 aromatic carbocycles. The average molecular weight is 315 g/mol. The summed E-state index contributed by atoms with van der Waals surface area (Å²) in [5.41, 5.74) is 6.73. The second kappa shape index (κ2) is 6.53. The molecule has 0 bridgehead atoms. The second-order valence-electron chi connectivity index (χ2n) is 5.08. The number of ether oxygens (including phenoxy) is 3. The van der Waals surface area contributed by atoms with Crippen LogP contribution < -0.4 is 19.9 Å². The largest absolute Gasteiger partial charge is 0.492 e. The third-order valence-electron chi connectivity index (χ3n) is 3.19. The highest BCUT2D eigenvalue weighted by Gasteiger charge is 2.19. The predicted molar refractivity (Wildman–Crippen MR) is 79.7 cm³/mol. The molecule has 1 atom stereocenters. The molecule has 0 aliphatic carbocycles. The van der Waals surface area contributed by atoms with Crippen molar-refractivity contribution >= 4 is 9.84 Å². The third-order valence-corrected chi connectivity index (χ3v) is 4.86. The minimum Gasteiger partial charge on any atom is -0.492 e. The predicted octanol–water partition coefficient (Wildman–Crippen LogP) is 1.12. The van der Waals surface area contributed by atoms with Crippen LogP contribution in [0.4, 0.5) is 0 Å². The fourth-order valence-electron chi connectivity index (χ4n) is 2.03. The van der Waals surface area contributed by atoms with E-state index in [2.05, 4.69) is 0 Å². The number of hydrogen-bond acceptors (Lipinski definition) is 6. The summed E-state index contributed by atoms with van der Waals surface area (Å²) in [5, 5.41) is 0. The molecule has 6 nitrogen and oxygen atoms in total. The summed E-state index contributed by atoms with van der Waals surface area (Å²) in [7, 11) is -3.04. The van der Waals surface area contributed by atoms with Gasteiger partial charge in [0, 0.05) is 17.9 Å². The number of fused-ring (bicyclic) bond motifs is 1. The van der Waals surface area contributed by atoms with Crippen molar-refractivity contribution in [3.8, 4) is 17.2 Å². The van der Waals surface area contributed by atoms with Gasteiger partial charge in [0.25, 0.3) is 0 Å². The van der Waals surface area contributed by atoms with Crippen molar-refractivity contribution < 1.29 is 22.6 Å². The topological polar surface area (TPSA) is 87.9 Å². The van der Waals surface area contributed by atoms with E-state index in [0.717, 1.165) is 5.56 Å². The van der Waals surface area contributed by atoms with Crippen LogP contribution in [0.1, 0.15) is 19.4 Å². The Morgan fingerprint density at radius 2 is 2.00 bits per heavy atom. The summed E-state index contributed by atoms with van der Waals surface area (Å²) in [6, 6.07) is 3.54. The fraction of sp³-hybridized carbons (Fsp3) is 0.571. The number of sulfone groups is 1. The molecule has 0 spiro atoms. The molecule has 1 aliphatic rings. The lowest BCUT2D eigenvalue weighted by molar-refractivity contribution is 0.173. The first-order chi connectivity index (χ1) is 9.91. The molecule has 2 rings (SSSR count). The first-order valence-electron chi connectivity index (χ1n) is 6.92. The van der Waals surface area contributed by atoms with E-state index in [-0.39, 0.29) is 30.9 Å². The SMILES string of the molecule is CCS(=O)(=O)CCOc1cc2c(cc1CC(C)N)OCO2. The standard InChI is InChI=1S/C14H21NO5S/c1-3-21(16,17)5-4-18-12-8-14-13(19-9-20-14)7-11(12)6-10(2)15/h7-8,10H,3-6,9,15H2,1-2H3. The van der Waals surface area contributed by atoms with Gasteiger partial charge in [0.2, 0.25) is 6.79 Å². The Balaban J connectivity index is 2.13. The van der Waals surface area contributed by atoms with E-state index in [1.807, 2.05) is 13.0 Å². The lowest BCUT2D eigenvalue weighted by atomic mass is 10.1. The normalized spacial score (nSPS) is 15.0. The van der Waals surface area contributed by atoms with Gasteiger partial charge in [0.15, 0.2) is 21.3 Å². The van der Waals surface area contributed by atoms with Crippen molar-refractivity contribution in [2.75, 3.05) is 24.9 Å². The highest BCUT2D eigenvalue weighted by Crippen LogP contribution is 2.38. The Kier molecular flexibility index (Phi) is 4.95. The smallest absolute Gasteiger partial charge is 0.231 e. The monoisotopic (exact) mass is 315 g/mol. The van der Waals surface area contributed by atoms with Crippen molar-refractivity contribution in [3.05, 3.63) is 17.7 Å². The molecule has 1 unspecified atom stereocenters. The molecule has 7 heteroatoms. The minimum atomic E-state index is -3.04. The van der Waals surface area contributed by atoms with Crippen LogP contribution in [0.15, 0.2) is 12.1 Å². The zero-order valence-electron chi connectivity index (χ0n) is 12.3. The second-order valence-corrected chi connectivity index (χ2v) is 7.55. The Hall–Kier alpha value is -1.47. The minimum absolute atomic E-state index is 0.00440. The first-order valence-corrected chi connectivity index (χ1v) is 8.74. The van der Waals surface area contributed by atoms with Crippen molar-refractivity contribution in [2.45, 2.75) is 26.3 Å². The van der Waals surface area contributed by atoms with Gasteiger partial charge in [0.05, 0.1) is 5.75 Å². The van der Waals surface area contributed by atoms with Crippen molar-refractivity contribution in [1.82, 2.24) is 0 Å². The van der Waals surface area contributed by atoms with Crippen LogP contribution in [0.25, 0.3) is 0 Å². The molecule has 118 valence electrons. The van der Waals surface area contributed by atoms with Gasteiger partial charge in [0.1, 0.15) is 12.4 Å². The molecule has 0 saturated heterocycles. The van der Waals surface area contributed by atoms with Gasteiger partial charge in [-0.15, -0.1) is 0 Å². The summed E-state index contributed by atoms with van der Waals surface area (Å²) >= 11 is 0. The molecular formula is C14H21NO5S. The van der Waals surface area contributed by atoms with Gasteiger partial charge in [-0.1, -0.05) is 6.92 Å². The van der Waals surface area contributed by atoms with E-state index >= 15 is 0 Å². The molecule has 0 amide bonds. The van der Waals surface area contributed by atoms with E-state index < -0.39 is 9.84 Å². The number of nitrogens with two attached hydrogens (primary N) is 1. The van der Waals surface area contributed by atoms with E-state index in [1.54, 1.807) is 13.0 Å². The molecule has 0 aromatic heterocycles. The Morgan fingerprint density at radius 3 is 2.62 bits per heavy atom. The van der Waals surface area contributed by atoms with Crippen LogP contribution in [0.2, 0.25) is 0 Å². The summed E-state index contributed by atoms with van der Waals surface area (Å²) in [6.07, 6.45) is 0.618. The number of rotatable bonds is 7. The number of benzene rings is 1. The van der Waals surface area contributed by atoms with Crippen LogP contribution in [0, 0.1) is 0 Å². The van der Waals surface area contributed by atoms with Crippen LogP contribution in [0.3, 0.4) is 0 Å². The Morgan fingerprint density at radius 1 is 1.33 bits per heavy atom. The molecule has 0 saturated carbocycles. The quantitative estimate of drug-likeness (QED) is 0.811. The lowest BCUT2D eigenvalue weighted by Gasteiger charge is -2.14. The zero-order valence-corrected chi connectivity index (χ0v) is 13.1. The molecule has 1 aromatic rings. The van der Waals surface area contributed by atoms with Crippen LogP contribution in [-0.4, -0.2) is 39.4 Å². The highest BCUT2D eigenvalue weighted by molar-refractivity contribution is 7.91. The average Bonchev–Trinajstić information content (AvgIpc) is 2.85. The summed E-state index contributed by atoms with van der Waals surface area (Å²) in [5.74, 6) is 1.98. The van der Waals surface area contributed by atoms with Crippen molar-refractivity contribution in [1.29, 1.82) is 0 Å². The van der Waals surface area contributed by atoms with Crippen LogP contribution in [-0.2, 0) is 16.3 Å². The van der Waals surface area contributed by atoms with Crippen LogP contribution in [0.5, 0.6) is 17.2 Å². The molecule has 0 radical (unpaired) electrons. The van der Waals surface area contributed by atoms with Crippen molar-refractivity contribution in [3.63, 3.8) is 0 Å². The van der Waals surface area contributed by atoms with Gasteiger partial charge in [-0.2, -0.15) is 0 Å². The van der Waals surface area contributed by atoms with Gasteiger partial charge in [-0.05, 0) is 25.0 Å². The Bertz CT molecular complexity index is 598. The van der Waals surface area contributed by atoms with Gasteiger partial charge in [-0.25, -0.2) is 8.42 Å². The summed E-state index contributed by atoms with van der Waals surface area (Å²) in [6.45, 7) is 3.82. The summed E-state index contributed by atoms with van der Waals surface area (Å²) in [4.78, 5) is 0. The Labute approximate surface area is 125 Å². The van der Waals surface area contributed by atoms with Gasteiger partial charge in [-0.3, -0.25) is 0 Å². The molecule has 1 heterocycles. The molecular weight excluding hydrogens is 294 g/mol. The highest BCUT2D eigenvalue weighted by atomic mass is 32.2. The van der Waals surface area contributed by atoms with Gasteiger partial charge >= 0.3 is 0 Å². The van der Waals surface area contributed by atoms with Gasteiger partial charge < -0.3 is 19.9 Å². The fourth-order valence-corrected chi connectivity index (χ4v) is 2.66. The summed E-state index contributed by atoms with van der Waals surface area (Å²) < 4.78 is 39.3. The molecule has 1 aliphatic heterocycles. The zero-order chi connectivity index (χ0) is 15.5. The molecule has 21 heavy (non-hydrogen) atoms. The maximum atomic E-state index is 11.5. The van der Waals surface area contributed by atoms with E-state index in [1.165, 1.54) is 0 Å². The maximum absolute atomic E-state index is 11.5. The van der Waals surface area contributed by atoms with E-state index in [9.17, 15) is 8.42 Å². The molecule has 0 fully saturated rings.